The highest BCUT2D eigenvalue weighted by Gasteiger charge is 2.70. The van der Waals surface area contributed by atoms with Crippen LogP contribution in [-0.2, 0) is 14.3 Å². The van der Waals surface area contributed by atoms with Crippen molar-refractivity contribution in [2.75, 3.05) is 6.61 Å². The third kappa shape index (κ3) is 3.49. The number of rotatable bonds is 5. The molecule has 0 heterocycles. The van der Waals surface area contributed by atoms with Gasteiger partial charge < -0.3 is 20.1 Å². The highest BCUT2D eigenvalue weighted by Crippen LogP contribution is 2.46. The molecule has 0 bridgehead atoms. The van der Waals surface area contributed by atoms with Crippen LogP contribution in [0, 0.1) is 22.5 Å². The number of carbonyl (C=O) groups excluding carboxylic acids is 1. The third-order valence-corrected chi connectivity index (χ3v) is 4.78. The standard InChI is InChI=1S/C18H19NO8/c1-3-11-5-7-12(8-6-11)13-9-17(23,15(20)21)14(19(25)26)18(24,10-13)16(22)27-4-2/h1,5-8,13-14,23-24H,4,9-10H2,2H3,(H,20,21)/t13-,14-,17-,18+/m0/s1. The molecule has 3 N–H and O–H groups in total. The van der Waals surface area contributed by atoms with Crippen LogP contribution in [0.15, 0.2) is 24.3 Å². The summed E-state index contributed by atoms with van der Waals surface area (Å²) in [6, 6.07) is 3.76. The molecule has 0 radical (unpaired) electrons. The SMILES string of the molecule is C#Cc1ccc([C@H]2C[C@@](O)(C(=O)O)[C@H]([N+](=O)[O-])[C@@](O)(C(=O)OCC)C2)cc1. The molecule has 1 aromatic rings. The highest BCUT2D eigenvalue weighted by molar-refractivity contribution is 5.85. The Morgan fingerprint density at radius 3 is 2.30 bits per heavy atom. The van der Waals surface area contributed by atoms with Gasteiger partial charge in [-0.15, -0.1) is 6.42 Å². The van der Waals surface area contributed by atoms with Crippen molar-refractivity contribution < 1.29 is 34.6 Å². The molecule has 0 spiro atoms. The van der Waals surface area contributed by atoms with E-state index in [1.54, 1.807) is 24.3 Å². The van der Waals surface area contributed by atoms with Crippen LogP contribution in [0.5, 0.6) is 0 Å². The largest absolute Gasteiger partial charge is 0.479 e. The van der Waals surface area contributed by atoms with E-state index in [0.717, 1.165) is 0 Å². The second-order valence-electron chi connectivity index (χ2n) is 6.43. The van der Waals surface area contributed by atoms with Gasteiger partial charge >= 0.3 is 11.9 Å². The van der Waals surface area contributed by atoms with Crippen LogP contribution in [0.4, 0.5) is 0 Å². The van der Waals surface area contributed by atoms with Gasteiger partial charge in [0, 0.05) is 23.3 Å². The zero-order valence-corrected chi connectivity index (χ0v) is 14.5. The number of nitro groups is 1. The van der Waals surface area contributed by atoms with E-state index in [0.29, 0.717) is 11.1 Å². The summed E-state index contributed by atoms with van der Waals surface area (Å²) >= 11 is 0. The molecular formula is C18H19NO8. The van der Waals surface area contributed by atoms with E-state index < -0.39 is 52.9 Å². The summed E-state index contributed by atoms with van der Waals surface area (Å²) in [7, 11) is 0. The minimum Gasteiger partial charge on any atom is -0.479 e. The van der Waals surface area contributed by atoms with Crippen LogP contribution in [0.1, 0.15) is 36.8 Å². The van der Waals surface area contributed by atoms with Crippen molar-refractivity contribution in [3.63, 3.8) is 0 Å². The summed E-state index contributed by atoms with van der Waals surface area (Å²) < 4.78 is 4.73. The number of hydrogen-bond donors (Lipinski definition) is 3. The molecule has 4 atom stereocenters. The molecule has 1 fully saturated rings. The van der Waals surface area contributed by atoms with E-state index in [1.165, 1.54) is 6.92 Å². The van der Waals surface area contributed by atoms with E-state index >= 15 is 0 Å². The molecule has 1 saturated carbocycles. The summed E-state index contributed by atoms with van der Waals surface area (Å²) in [6.45, 7) is 1.25. The lowest BCUT2D eigenvalue weighted by Crippen LogP contribution is -2.70. The number of carboxylic acids is 1. The van der Waals surface area contributed by atoms with Gasteiger partial charge in [0.1, 0.15) is 0 Å². The molecule has 27 heavy (non-hydrogen) atoms. The monoisotopic (exact) mass is 377 g/mol. The molecule has 9 nitrogen and oxygen atoms in total. The summed E-state index contributed by atoms with van der Waals surface area (Å²) in [5.41, 5.74) is -4.77. The van der Waals surface area contributed by atoms with Gasteiger partial charge in [-0.05, 0) is 30.5 Å². The molecule has 9 heteroatoms. The van der Waals surface area contributed by atoms with Gasteiger partial charge in [-0.2, -0.15) is 0 Å². The van der Waals surface area contributed by atoms with Gasteiger partial charge in [-0.1, -0.05) is 18.1 Å². The maximum atomic E-state index is 12.3. The van der Waals surface area contributed by atoms with Gasteiger partial charge in [-0.3, -0.25) is 10.1 Å². The molecule has 1 aromatic carbocycles. The Morgan fingerprint density at radius 2 is 1.85 bits per heavy atom. The Labute approximate surface area is 154 Å². The lowest BCUT2D eigenvalue weighted by molar-refractivity contribution is -0.565. The van der Waals surface area contributed by atoms with Crippen LogP contribution >= 0.6 is 0 Å². The fourth-order valence-electron chi connectivity index (χ4n) is 3.53. The zero-order valence-electron chi connectivity index (χ0n) is 14.5. The van der Waals surface area contributed by atoms with Gasteiger partial charge in [0.15, 0.2) is 0 Å². The van der Waals surface area contributed by atoms with Gasteiger partial charge in [0.05, 0.1) is 6.61 Å². The van der Waals surface area contributed by atoms with Crippen molar-refractivity contribution in [3.05, 3.63) is 45.5 Å². The molecule has 2 rings (SSSR count). The average molecular weight is 377 g/mol. The lowest BCUT2D eigenvalue weighted by atomic mass is 9.64. The van der Waals surface area contributed by atoms with Gasteiger partial charge in [0.2, 0.25) is 11.2 Å². The topological polar surface area (TPSA) is 147 Å². The first kappa shape index (κ1) is 20.4. The number of ether oxygens (including phenoxy) is 1. The van der Waals surface area contributed by atoms with Gasteiger partial charge in [0.25, 0.3) is 6.04 Å². The number of carboxylic acid groups (broad SMARTS) is 1. The van der Waals surface area contributed by atoms with Crippen molar-refractivity contribution in [3.8, 4) is 12.3 Å². The Morgan fingerprint density at radius 1 is 1.30 bits per heavy atom. The van der Waals surface area contributed by atoms with E-state index in [4.69, 9.17) is 11.2 Å². The van der Waals surface area contributed by atoms with Crippen molar-refractivity contribution >= 4 is 11.9 Å². The van der Waals surface area contributed by atoms with E-state index in [1.807, 2.05) is 0 Å². The maximum Gasteiger partial charge on any atom is 0.345 e. The Kier molecular flexibility index (Phi) is 5.54. The van der Waals surface area contributed by atoms with Crippen molar-refractivity contribution in [2.24, 2.45) is 0 Å². The summed E-state index contributed by atoms with van der Waals surface area (Å²) in [5.74, 6) is -1.71. The quantitative estimate of drug-likeness (QED) is 0.287. The van der Waals surface area contributed by atoms with E-state index in [-0.39, 0.29) is 6.61 Å². The predicted octanol–water partition coefficient (Wildman–Crippen LogP) is 0.300. The summed E-state index contributed by atoms with van der Waals surface area (Å²) in [6.07, 6.45) is 4.24. The Bertz CT molecular complexity index is 799. The number of nitrogens with zero attached hydrogens (tertiary/aromatic N) is 1. The number of carbonyl (C=O) groups is 2. The first-order valence-electron chi connectivity index (χ1n) is 8.15. The van der Waals surface area contributed by atoms with Crippen LogP contribution in [0.2, 0.25) is 0 Å². The maximum absolute atomic E-state index is 12.3. The van der Waals surface area contributed by atoms with Gasteiger partial charge in [-0.25, -0.2) is 9.59 Å². The van der Waals surface area contributed by atoms with Crippen LogP contribution in [-0.4, -0.2) is 56.0 Å². The first-order valence-corrected chi connectivity index (χ1v) is 8.15. The average Bonchev–Trinajstić information content (AvgIpc) is 2.61. The fourth-order valence-corrected chi connectivity index (χ4v) is 3.53. The van der Waals surface area contributed by atoms with Crippen LogP contribution in [0.3, 0.4) is 0 Å². The van der Waals surface area contributed by atoms with Crippen LogP contribution < -0.4 is 0 Å². The Balaban J connectivity index is 2.58. The minimum atomic E-state index is -2.97. The molecular weight excluding hydrogens is 358 g/mol. The normalized spacial score (nSPS) is 30.1. The number of esters is 1. The fraction of sp³-hybridized carbons (Fsp3) is 0.444. The number of terminal acetylenes is 1. The first-order chi connectivity index (χ1) is 12.6. The second-order valence-corrected chi connectivity index (χ2v) is 6.43. The molecule has 0 amide bonds. The zero-order chi connectivity index (χ0) is 20.4. The second kappa shape index (κ2) is 7.34. The van der Waals surface area contributed by atoms with Crippen molar-refractivity contribution in [1.29, 1.82) is 0 Å². The lowest BCUT2D eigenvalue weighted by Gasteiger charge is -2.43. The summed E-state index contributed by atoms with van der Waals surface area (Å²) in [4.78, 5) is 34.4. The molecule has 1 aliphatic rings. The smallest absolute Gasteiger partial charge is 0.345 e. The minimum absolute atomic E-state index is 0.182. The van der Waals surface area contributed by atoms with E-state index in [9.17, 15) is 35.0 Å². The highest BCUT2D eigenvalue weighted by atomic mass is 16.6. The van der Waals surface area contributed by atoms with Crippen molar-refractivity contribution in [2.45, 2.75) is 42.9 Å². The molecule has 0 saturated heterocycles. The molecule has 0 unspecified atom stereocenters. The molecule has 1 aliphatic carbocycles. The molecule has 0 aliphatic heterocycles. The summed E-state index contributed by atoms with van der Waals surface area (Å²) in [5, 5.41) is 42.4. The molecule has 144 valence electrons. The van der Waals surface area contributed by atoms with Crippen molar-refractivity contribution in [1.82, 2.24) is 0 Å². The number of benzene rings is 1. The molecule has 0 aromatic heterocycles. The van der Waals surface area contributed by atoms with Crippen LogP contribution in [0.25, 0.3) is 0 Å². The predicted molar refractivity (Wildman–Crippen MR) is 91.3 cm³/mol. The Hall–Kier alpha value is -2.96. The van der Waals surface area contributed by atoms with E-state index in [2.05, 4.69) is 5.92 Å². The number of aliphatic carboxylic acids is 1. The third-order valence-electron chi connectivity index (χ3n) is 4.78. The number of hydrogen-bond acceptors (Lipinski definition) is 7. The number of aliphatic hydroxyl groups is 2.